The van der Waals surface area contributed by atoms with Crippen LogP contribution in [0.15, 0.2) is 24.3 Å². The Kier molecular flexibility index (Phi) is 4.66. The number of anilines is 3. The molecule has 2 rings (SSSR count). The molecule has 7 nitrogen and oxygen atoms in total. The maximum Gasteiger partial charge on any atom is 0.158 e. The van der Waals surface area contributed by atoms with E-state index in [9.17, 15) is 5.26 Å². The van der Waals surface area contributed by atoms with Gasteiger partial charge >= 0.3 is 0 Å². The lowest BCUT2D eigenvalue weighted by molar-refractivity contribution is 0.178. The minimum Gasteiger partial charge on any atom is -0.377 e. The lowest BCUT2D eigenvalue weighted by atomic mass is 10.1. The van der Waals surface area contributed by atoms with E-state index in [-0.39, 0.29) is 6.61 Å². The molecular weight excluding hydrogens is 268 g/mol. The van der Waals surface area contributed by atoms with Gasteiger partial charge in [0.15, 0.2) is 5.82 Å². The second kappa shape index (κ2) is 6.65. The molecule has 0 unspecified atom stereocenters. The number of aromatic nitrogens is 2. The van der Waals surface area contributed by atoms with Crippen LogP contribution in [0.3, 0.4) is 0 Å². The average molecular weight is 284 g/mol. The van der Waals surface area contributed by atoms with Gasteiger partial charge in [-0.15, -0.1) is 0 Å². The second-order valence-electron chi connectivity index (χ2n) is 4.37. The fourth-order valence-electron chi connectivity index (χ4n) is 1.89. The molecule has 0 radical (unpaired) electrons. The number of methoxy groups -OCH3 is 1. The van der Waals surface area contributed by atoms with Crippen molar-refractivity contribution in [2.75, 3.05) is 17.9 Å². The smallest absolute Gasteiger partial charge is 0.158 e. The van der Waals surface area contributed by atoms with E-state index in [1.807, 2.05) is 25.1 Å². The Morgan fingerprint density at radius 1 is 1.33 bits per heavy atom. The number of nitrogens with one attached hydrogen (secondary N) is 2. The van der Waals surface area contributed by atoms with Gasteiger partial charge < -0.3 is 15.5 Å². The van der Waals surface area contributed by atoms with Gasteiger partial charge in [0, 0.05) is 13.2 Å². The van der Waals surface area contributed by atoms with Crippen LogP contribution in [-0.4, -0.2) is 17.1 Å². The van der Waals surface area contributed by atoms with Crippen molar-refractivity contribution in [2.24, 2.45) is 5.84 Å². The third-order valence-corrected chi connectivity index (χ3v) is 2.84. The Morgan fingerprint density at radius 3 is 2.76 bits per heavy atom. The molecule has 0 saturated carbocycles. The first kappa shape index (κ1) is 14.7. The number of aryl methyl sites for hydroxylation is 1. The molecule has 0 aliphatic heterocycles. The Bertz CT molecular complexity index is 680. The fourth-order valence-corrected chi connectivity index (χ4v) is 1.89. The van der Waals surface area contributed by atoms with Gasteiger partial charge in [0.25, 0.3) is 0 Å². The summed E-state index contributed by atoms with van der Waals surface area (Å²) in [6.07, 6.45) is 0. The molecule has 0 fully saturated rings. The van der Waals surface area contributed by atoms with Crippen molar-refractivity contribution in [3.05, 3.63) is 41.2 Å². The van der Waals surface area contributed by atoms with Crippen molar-refractivity contribution in [3.63, 3.8) is 0 Å². The maximum absolute atomic E-state index is 9.24. The summed E-state index contributed by atoms with van der Waals surface area (Å²) in [5.41, 5.74) is 4.63. The zero-order chi connectivity index (χ0) is 15.2. The first-order valence-electron chi connectivity index (χ1n) is 6.28. The molecule has 0 amide bonds. The third-order valence-electron chi connectivity index (χ3n) is 2.84. The molecule has 0 spiro atoms. The minimum absolute atomic E-state index is 0.267. The summed E-state index contributed by atoms with van der Waals surface area (Å²) in [6.45, 7) is 2.15. The van der Waals surface area contributed by atoms with Crippen molar-refractivity contribution in [2.45, 2.75) is 13.5 Å². The SMILES string of the molecule is COCc1nc(NN)cc(Nc2cccc(C)c2C#N)n1. The summed E-state index contributed by atoms with van der Waals surface area (Å²) < 4.78 is 5.02. The molecule has 2 aromatic rings. The lowest BCUT2D eigenvalue weighted by Crippen LogP contribution is -2.12. The first-order valence-corrected chi connectivity index (χ1v) is 6.28. The summed E-state index contributed by atoms with van der Waals surface area (Å²) in [4.78, 5) is 8.49. The van der Waals surface area contributed by atoms with Crippen LogP contribution in [-0.2, 0) is 11.3 Å². The number of nitriles is 1. The zero-order valence-electron chi connectivity index (χ0n) is 11.8. The van der Waals surface area contributed by atoms with Crippen LogP contribution in [0.25, 0.3) is 0 Å². The molecule has 1 aromatic heterocycles. The zero-order valence-corrected chi connectivity index (χ0v) is 11.8. The standard InChI is InChI=1S/C14H16N6O/c1-9-4-3-5-11(10(9)7-15)17-12-6-13(20-16)19-14(18-12)8-21-2/h3-6H,8,16H2,1-2H3,(H2,17,18,19,20). The molecule has 0 atom stereocenters. The van der Waals surface area contributed by atoms with Gasteiger partial charge in [0.1, 0.15) is 24.3 Å². The molecule has 1 aromatic carbocycles. The summed E-state index contributed by atoms with van der Waals surface area (Å²) in [6, 6.07) is 9.41. The Hall–Kier alpha value is -2.69. The van der Waals surface area contributed by atoms with Crippen molar-refractivity contribution >= 4 is 17.3 Å². The van der Waals surface area contributed by atoms with Crippen molar-refractivity contribution < 1.29 is 4.74 Å². The first-order chi connectivity index (χ1) is 10.2. The minimum atomic E-state index is 0.267. The fraction of sp³-hybridized carbons (Fsp3) is 0.214. The number of nitrogens with two attached hydrogens (primary N) is 1. The van der Waals surface area contributed by atoms with Crippen LogP contribution in [0.1, 0.15) is 17.0 Å². The van der Waals surface area contributed by atoms with Gasteiger partial charge in [0.2, 0.25) is 0 Å². The number of ether oxygens (including phenoxy) is 1. The number of hydrogen-bond donors (Lipinski definition) is 3. The Labute approximate surface area is 122 Å². The number of benzene rings is 1. The highest BCUT2D eigenvalue weighted by Crippen LogP contribution is 2.23. The second-order valence-corrected chi connectivity index (χ2v) is 4.37. The number of rotatable bonds is 5. The number of nitrogens with zero attached hydrogens (tertiary/aromatic N) is 3. The monoisotopic (exact) mass is 284 g/mol. The average Bonchev–Trinajstić information content (AvgIpc) is 2.47. The van der Waals surface area contributed by atoms with E-state index in [4.69, 9.17) is 10.6 Å². The number of nitrogen functional groups attached to an aromatic ring is 1. The van der Waals surface area contributed by atoms with Gasteiger partial charge in [-0.25, -0.2) is 15.8 Å². The van der Waals surface area contributed by atoms with E-state index in [1.165, 1.54) is 0 Å². The highest BCUT2D eigenvalue weighted by atomic mass is 16.5. The Morgan fingerprint density at radius 2 is 2.10 bits per heavy atom. The maximum atomic E-state index is 9.24. The molecule has 21 heavy (non-hydrogen) atoms. The van der Waals surface area contributed by atoms with Crippen LogP contribution in [0.2, 0.25) is 0 Å². The molecule has 0 aliphatic carbocycles. The van der Waals surface area contributed by atoms with Gasteiger partial charge in [-0.3, -0.25) is 0 Å². The Balaban J connectivity index is 2.37. The molecule has 108 valence electrons. The van der Waals surface area contributed by atoms with E-state index >= 15 is 0 Å². The summed E-state index contributed by atoms with van der Waals surface area (Å²) in [7, 11) is 1.56. The number of hydrazine groups is 1. The van der Waals surface area contributed by atoms with Crippen molar-refractivity contribution in [1.29, 1.82) is 5.26 Å². The van der Waals surface area contributed by atoms with Crippen LogP contribution >= 0.6 is 0 Å². The van der Waals surface area contributed by atoms with E-state index in [1.54, 1.807) is 13.2 Å². The van der Waals surface area contributed by atoms with Crippen LogP contribution in [0, 0.1) is 18.3 Å². The lowest BCUT2D eigenvalue weighted by Gasteiger charge is -2.11. The van der Waals surface area contributed by atoms with Crippen LogP contribution in [0.4, 0.5) is 17.3 Å². The molecule has 0 aliphatic rings. The largest absolute Gasteiger partial charge is 0.377 e. The predicted molar refractivity (Wildman–Crippen MR) is 79.7 cm³/mol. The van der Waals surface area contributed by atoms with Crippen molar-refractivity contribution in [3.8, 4) is 6.07 Å². The summed E-state index contributed by atoms with van der Waals surface area (Å²) in [5.74, 6) is 6.88. The molecular formula is C14H16N6O. The van der Waals surface area contributed by atoms with Crippen LogP contribution < -0.4 is 16.6 Å². The quantitative estimate of drug-likeness (QED) is 0.567. The van der Waals surface area contributed by atoms with E-state index in [0.29, 0.717) is 28.7 Å². The highest BCUT2D eigenvalue weighted by Gasteiger charge is 2.08. The third kappa shape index (κ3) is 3.45. The van der Waals surface area contributed by atoms with Gasteiger partial charge in [-0.1, -0.05) is 12.1 Å². The van der Waals surface area contributed by atoms with E-state index in [2.05, 4.69) is 26.8 Å². The van der Waals surface area contributed by atoms with Gasteiger partial charge in [0.05, 0.1) is 11.3 Å². The van der Waals surface area contributed by atoms with Gasteiger partial charge in [-0.2, -0.15) is 5.26 Å². The molecule has 1 heterocycles. The highest BCUT2D eigenvalue weighted by molar-refractivity contribution is 5.67. The molecule has 4 N–H and O–H groups in total. The topological polar surface area (TPSA) is 109 Å². The van der Waals surface area contributed by atoms with Crippen molar-refractivity contribution in [1.82, 2.24) is 9.97 Å². The normalized spacial score (nSPS) is 10.0. The molecule has 7 heteroatoms. The number of hydrogen-bond acceptors (Lipinski definition) is 7. The van der Waals surface area contributed by atoms with Crippen LogP contribution in [0.5, 0.6) is 0 Å². The molecule has 0 saturated heterocycles. The summed E-state index contributed by atoms with van der Waals surface area (Å²) >= 11 is 0. The summed E-state index contributed by atoms with van der Waals surface area (Å²) in [5, 5.41) is 12.4. The van der Waals surface area contributed by atoms with E-state index in [0.717, 1.165) is 5.56 Å². The molecule has 0 bridgehead atoms. The van der Waals surface area contributed by atoms with Gasteiger partial charge in [-0.05, 0) is 18.6 Å². The van der Waals surface area contributed by atoms with E-state index < -0.39 is 0 Å². The predicted octanol–water partition coefficient (Wildman–Crippen LogP) is 1.83.